The van der Waals surface area contributed by atoms with E-state index < -0.39 is 132 Å². The van der Waals surface area contributed by atoms with E-state index in [-0.39, 0.29) is 33.0 Å². The largest absolute Gasteiger partial charge is 0.463 e. The zero-order chi connectivity index (χ0) is 58.8. The number of amides is 2. The van der Waals surface area contributed by atoms with Crippen molar-refractivity contribution < 1.29 is 95.3 Å². The summed E-state index contributed by atoms with van der Waals surface area (Å²) in [6.45, 7) is 9.08. The minimum absolute atomic E-state index is 0.105. The van der Waals surface area contributed by atoms with Crippen LogP contribution < -0.4 is 10.6 Å². The van der Waals surface area contributed by atoms with Gasteiger partial charge in [0.1, 0.15) is 36.3 Å². The average molecular weight is 1160 g/mol. The minimum atomic E-state index is -1.61. The van der Waals surface area contributed by atoms with Crippen LogP contribution in [0.2, 0.25) is 0 Å². The minimum Gasteiger partial charge on any atom is -0.463 e. The molecule has 23 nitrogen and oxygen atoms in total. The Hall–Kier alpha value is -7.61. The lowest BCUT2D eigenvalue weighted by molar-refractivity contribution is -0.237. The molecule has 25 heteroatoms. The van der Waals surface area contributed by atoms with Gasteiger partial charge in [0, 0.05) is 89.6 Å². The molecule has 4 aromatic rings. The van der Waals surface area contributed by atoms with Crippen molar-refractivity contribution >= 4 is 99.7 Å². The Labute approximate surface area is 473 Å². The fourth-order valence-electron chi connectivity index (χ4n) is 9.96. The van der Waals surface area contributed by atoms with Crippen LogP contribution in [0.15, 0.2) is 82.7 Å². The Kier molecular flexibility index (Phi) is 20.5. The molecule has 0 bridgehead atoms. The van der Waals surface area contributed by atoms with Gasteiger partial charge in [-0.3, -0.25) is 52.9 Å². The summed E-state index contributed by atoms with van der Waals surface area (Å²) in [7, 11) is 0. The molecular weight excluding hydrogens is 1100 g/mol. The van der Waals surface area contributed by atoms with Crippen LogP contribution in [0, 0.1) is 0 Å². The Morgan fingerprint density at radius 3 is 1.46 bits per heavy atom. The normalized spacial score (nSPS) is 24.9. The number of para-hydroxylation sites is 1. The Bertz CT molecular complexity index is 2960. The highest BCUT2D eigenvalue weighted by atomic mass is 32.2. The summed E-state index contributed by atoms with van der Waals surface area (Å²) in [4.78, 5) is 135. The Balaban J connectivity index is 1.52. The molecule has 1 aromatic heterocycles. The first kappa shape index (κ1) is 61.0. The fourth-order valence-corrected chi connectivity index (χ4v) is 12.7. The number of nitrogens with one attached hydrogen (secondary N) is 2. The van der Waals surface area contributed by atoms with Gasteiger partial charge in [-0.1, -0.05) is 66.0 Å². The van der Waals surface area contributed by atoms with Gasteiger partial charge in [0.25, 0.3) is 5.91 Å². The molecule has 0 radical (unpaired) electrons. The number of carbonyl (C=O) groups is 10. The number of hydrogen-bond donors (Lipinski definition) is 2. The zero-order valence-corrected chi connectivity index (χ0v) is 47.2. The standard InChI is InChI=1S/C56H61N3O20S2/c1-26(60)58-40-20-19-37(38-16-10-11-17-39(38)40)36-22-44(80-55-52(76-33(8)67)50(74-31(6)65)48(72-29(4)63)42(78-55)24-70-27(2)61)46(54(69)59-41-18-12-14-35-15-13-21-57-47(35)41)45(23-36)81-56-53(77-34(9)68)51(75-32(7)66)49(73-30(5)64)43(79-56)25-71-28(3)62/h10-18,21-23,37,40,42-43,48-53,55-56H,19-20,24-25H2,1-9H3,(H,58,60)(H,59,69)/t37?,40?,42?,43?,48-,49-,50?,51?,52?,53?,55+,56+/m1/s1. The van der Waals surface area contributed by atoms with Crippen molar-refractivity contribution in [3.8, 4) is 0 Å². The van der Waals surface area contributed by atoms with Gasteiger partial charge in [-0.15, -0.1) is 0 Å². The number of aromatic nitrogens is 1. The van der Waals surface area contributed by atoms with E-state index in [4.69, 9.17) is 47.4 Å². The van der Waals surface area contributed by atoms with E-state index in [2.05, 4.69) is 15.6 Å². The molecule has 2 N–H and O–H groups in total. The number of benzene rings is 3. The van der Waals surface area contributed by atoms with Crippen molar-refractivity contribution in [1.82, 2.24) is 10.3 Å². The van der Waals surface area contributed by atoms with Gasteiger partial charge in [-0.2, -0.15) is 0 Å². The first-order valence-corrected chi connectivity index (χ1v) is 27.4. The SMILES string of the molecule is CC(=O)NC1CCC(c2cc(S[C@@H]3OC(COC(C)=O)[C@@H](OC(C)=O)C(OC(C)=O)C3OC(C)=O)c(C(=O)Nc3cccc4cccnc34)c(S[C@@H]3OC(COC(C)=O)[C@@H](OC(C)=O)C(OC(C)=O)C3OC(C)=O)c2)c2ccccc21. The lowest BCUT2D eigenvalue weighted by atomic mass is 9.76. The molecule has 2 saturated heterocycles. The summed E-state index contributed by atoms with van der Waals surface area (Å²) >= 11 is 1.66. The van der Waals surface area contributed by atoms with Crippen LogP contribution in [-0.4, -0.2) is 137 Å². The smallest absolute Gasteiger partial charge is 0.303 e. The molecule has 2 aliphatic heterocycles. The van der Waals surface area contributed by atoms with Crippen LogP contribution >= 0.6 is 23.5 Å². The van der Waals surface area contributed by atoms with E-state index in [0.717, 1.165) is 90.0 Å². The average Bonchev–Trinajstić information content (AvgIpc) is 3.45. The van der Waals surface area contributed by atoms with Crippen molar-refractivity contribution in [2.75, 3.05) is 18.5 Å². The van der Waals surface area contributed by atoms with Gasteiger partial charge in [0.2, 0.25) is 5.91 Å². The molecule has 2 fully saturated rings. The second-order valence-corrected chi connectivity index (χ2v) is 21.4. The van der Waals surface area contributed by atoms with Crippen LogP contribution in [0.25, 0.3) is 10.9 Å². The van der Waals surface area contributed by atoms with Gasteiger partial charge in [0.05, 0.1) is 22.8 Å². The number of ether oxygens (including phenoxy) is 10. The summed E-state index contributed by atoms with van der Waals surface area (Å²) in [5.74, 6) is -8.25. The summed E-state index contributed by atoms with van der Waals surface area (Å²) in [5, 5.41) is 6.70. The molecule has 3 heterocycles. The number of esters is 8. The second-order valence-electron chi connectivity index (χ2n) is 19.1. The third-order valence-corrected chi connectivity index (χ3v) is 15.2. The molecule has 0 spiro atoms. The van der Waals surface area contributed by atoms with E-state index in [1.54, 1.807) is 48.7 Å². The van der Waals surface area contributed by atoms with Gasteiger partial charge in [-0.25, -0.2) is 0 Å². The Morgan fingerprint density at radius 2 is 0.988 bits per heavy atom. The molecule has 2 amide bonds. The maximum absolute atomic E-state index is 15.8. The summed E-state index contributed by atoms with van der Waals surface area (Å²) in [5.41, 5.74) is -0.282. The van der Waals surface area contributed by atoms with Gasteiger partial charge >= 0.3 is 47.8 Å². The van der Waals surface area contributed by atoms with Gasteiger partial charge in [-0.05, 0) is 53.8 Å². The van der Waals surface area contributed by atoms with E-state index >= 15 is 4.79 Å². The van der Waals surface area contributed by atoms with Crippen molar-refractivity contribution in [3.63, 3.8) is 0 Å². The van der Waals surface area contributed by atoms with E-state index in [1.807, 2.05) is 24.3 Å². The predicted octanol–water partition coefficient (Wildman–Crippen LogP) is 5.94. The molecule has 3 aliphatic rings. The quantitative estimate of drug-likeness (QED) is 0.0860. The van der Waals surface area contributed by atoms with Gasteiger partial charge in [0.15, 0.2) is 36.6 Å². The first-order chi connectivity index (χ1) is 38.5. The highest BCUT2D eigenvalue weighted by molar-refractivity contribution is 8.00. The molecule has 12 atom stereocenters. The number of thioether (sulfide) groups is 2. The van der Waals surface area contributed by atoms with Crippen LogP contribution in [-0.2, 0) is 90.5 Å². The predicted molar refractivity (Wildman–Crippen MR) is 286 cm³/mol. The van der Waals surface area contributed by atoms with Crippen LogP contribution in [0.4, 0.5) is 5.69 Å². The van der Waals surface area contributed by atoms with Gasteiger partial charge < -0.3 is 58.0 Å². The first-order valence-electron chi connectivity index (χ1n) is 25.6. The molecule has 7 rings (SSSR count). The molecular formula is C56H61N3O20S2. The topological polar surface area (TPSA) is 300 Å². The monoisotopic (exact) mass is 1160 g/mol. The number of nitrogens with zero attached hydrogens (tertiary/aromatic N) is 1. The number of rotatable bonds is 18. The van der Waals surface area contributed by atoms with Crippen molar-refractivity contribution in [2.24, 2.45) is 0 Å². The van der Waals surface area contributed by atoms with Crippen LogP contribution in [0.5, 0.6) is 0 Å². The number of carbonyl (C=O) groups excluding carboxylic acids is 10. The number of fused-ring (bicyclic) bond motifs is 2. The number of anilines is 1. The summed E-state index contributed by atoms with van der Waals surface area (Å²) in [6, 6.07) is 19.2. The third-order valence-electron chi connectivity index (χ3n) is 12.8. The van der Waals surface area contributed by atoms with Crippen LogP contribution in [0.1, 0.15) is 114 Å². The third kappa shape index (κ3) is 15.6. The highest BCUT2D eigenvalue weighted by Gasteiger charge is 2.55. The second kappa shape index (κ2) is 27.2. The molecule has 1 aliphatic carbocycles. The van der Waals surface area contributed by atoms with E-state index in [0.29, 0.717) is 29.3 Å². The molecule has 3 aromatic carbocycles. The van der Waals surface area contributed by atoms with Crippen LogP contribution in [0.3, 0.4) is 0 Å². The highest BCUT2D eigenvalue weighted by Crippen LogP contribution is 2.49. The molecule has 432 valence electrons. The van der Waals surface area contributed by atoms with E-state index in [1.165, 1.54) is 6.92 Å². The number of hydrogen-bond acceptors (Lipinski definition) is 23. The zero-order valence-electron chi connectivity index (χ0n) is 45.6. The Morgan fingerprint density at radius 1 is 0.531 bits per heavy atom. The fraction of sp³-hybridized carbons (Fsp3) is 0.446. The van der Waals surface area contributed by atoms with Crippen molar-refractivity contribution in [2.45, 2.75) is 157 Å². The summed E-state index contributed by atoms with van der Waals surface area (Å²) < 4.78 is 58.7. The lowest BCUT2D eigenvalue weighted by Crippen LogP contribution is -2.61. The maximum atomic E-state index is 15.8. The molecule has 0 saturated carbocycles. The maximum Gasteiger partial charge on any atom is 0.303 e. The molecule has 8 unspecified atom stereocenters. The summed E-state index contributed by atoms with van der Waals surface area (Å²) in [6.07, 6.45) is -9.85. The molecule has 81 heavy (non-hydrogen) atoms. The van der Waals surface area contributed by atoms with Crippen molar-refractivity contribution in [3.05, 3.63) is 95.2 Å². The van der Waals surface area contributed by atoms with E-state index in [9.17, 15) is 43.2 Å². The van der Waals surface area contributed by atoms with Crippen molar-refractivity contribution in [1.29, 1.82) is 0 Å². The number of pyridine rings is 1. The lowest BCUT2D eigenvalue weighted by Gasteiger charge is -2.44.